The molecule has 1 atom stereocenters. The predicted octanol–water partition coefficient (Wildman–Crippen LogP) is 4.59. The molecule has 0 heterocycles. The number of halogens is 3. The van der Waals surface area contributed by atoms with Gasteiger partial charge in [0.2, 0.25) is 0 Å². The van der Waals surface area contributed by atoms with Gasteiger partial charge in [-0.2, -0.15) is 13.2 Å². The van der Waals surface area contributed by atoms with Gasteiger partial charge in [0, 0.05) is 17.8 Å². The van der Waals surface area contributed by atoms with E-state index in [9.17, 15) is 31.5 Å². The molecule has 1 amide bonds. The Kier molecular flexibility index (Phi) is 7.32. The van der Waals surface area contributed by atoms with Crippen molar-refractivity contribution >= 4 is 21.6 Å². The third-order valence-electron chi connectivity index (χ3n) is 5.06. The standard InChI is InChI=1S/C24H23F3N2O4S/c1-15-9-10-16(2)22(11-15)34(32,33)29-20-8-4-6-18(13-20)23(31)28-14-21(30)17-5-3-7-19(12-17)24(25,26)27/h3-13,21,29-30H,14H2,1-2H3,(H,28,31). The minimum Gasteiger partial charge on any atom is -0.387 e. The lowest BCUT2D eigenvalue weighted by atomic mass is 10.1. The number of aliphatic hydroxyl groups excluding tert-OH is 1. The minimum absolute atomic E-state index is 0.00478. The Hall–Kier alpha value is -3.37. The Bertz CT molecular complexity index is 1310. The topological polar surface area (TPSA) is 95.5 Å². The summed E-state index contributed by atoms with van der Waals surface area (Å²) in [4.78, 5) is 12.6. The van der Waals surface area contributed by atoms with Crippen molar-refractivity contribution < 1.29 is 31.5 Å². The first-order chi connectivity index (χ1) is 15.9. The van der Waals surface area contributed by atoms with Crippen molar-refractivity contribution in [1.29, 1.82) is 0 Å². The van der Waals surface area contributed by atoms with Crippen LogP contribution in [0, 0.1) is 13.8 Å². The maximum Gasteiger partial charge on any atom is 0.416 e. The Morgan fingerprint density at radius 1 is 1.00 bits per heavy atom. The van der Waals surface area contributed by atoms with Gasteiger partial charge >= 0.3 is 6.18 Å². The molecule has 0 saturated heterocycles. The van der Waals surface area contributed by atoms with Crippen molar-refractivity contribution in [2.75, 3.05) is 11.3 Å². The molecule has 1 unspecified atom stereocenters. The van der Waals surface area contributed by atoms with E-state index in [1.165, 1.54) is 36.4 Å². The summed E-state index contributed by atoms with van der Waals surface area (Å²) in [5.74, 6) is -0.626. The van der Waals surface area contributed by atoms with Gasteiger partial charge in [-0.25, -0.2) is 8.42 Å². The second-order valence-corrected chi connectivity index (χ2v) is 9.46. The molecule has 180 valence electrons. The number of rotatable bonds is 7. The summed E-state index contributed by atoms with van der Waals surface area (Å²) in [6.07, 6.45) is -5.92. The molecule has 3 aromatic rings. The molecular weight excluding hydrogens is 469 g/mol. The van der Waals surface area contributed by atoms with Gasteiger partial charge in [-0.3, -0.25) is 9.52 Å². The Morgan fingerprint density at radius 3 is 2.41 bits per heavy atom. The van der Waals surface area contributed by atoms with Crippen LogP contribution in [0.2, 0.25) is 0 Å². The SMILES string of the molecule is Cc1ccc(C)c(S(=O)(=O)Nc2cccc(C(=O)NCC(O)c3cccc(C(F)(F)F)c3)c2)c1. The first kappa shape index (κ1) is 25.3. The molecule has 0 aliphatic rings. The fraction of sp³-hybridized carbons (Fsp3) is 0.208. The third kappa shape index (κ3) is 6.15. The number of carbonyl (C=O) groups is 1. The van der Waals surface area contributed by atoms with Crippen LogP contribution in [0.15, 0.2) is 71.6 Å². The second-order valence-electron chi connectivity index (χ2n) is 7.80. The van der Waals surface area contributed by atoms with Crippen LogP contribution in [0.1, 0.15) is 38.7 Å². The molecule has 3 aromatic carbocycles. The maximum absolute atomic E-state index is 12.9. The fourth-order valence-corrected chi connectivity index (χ4v) is 4.64. The van der Waals surface area contributed by atoms with Crippen LogP contribution in [0.5, 0.6) is 0 Å². The highest BCUT2D eigenvalue weighted by atomic mass is 32.2. The van der Waals surface area contributed by atoms with E-state index in [4.69, 9.17) is 0 Å². The molecule has 0 fully saturated rings. The monoisotopic (exact) mass is 492 g/mol. The molecular formula is C24H23F3N2O4S. The largest absolute Gasteiger partial charge is 0.416 e. The minimum atomic E-state index is -4.55. The number of hydrogen-bond acceptors (Lipinski definition) is 4. The maximum atomic E-state index is 12.9. The van der Waals surface area contributed by atoms with Gasteiger partial charge in [-0.1, -0.05) is 30.3 Å². The van der Waals surface area contributed by atoms with Gasteiger partial charge in [0.05, 0.1) is 16.6 Å². The van der Waals surface area contributed by atoms with Crippen LogP contribution >= 0.6 is 0 Å². The zero-order chi connectivity index (χ0) is 25.1. The van der Waals surface area contributed by atoms with Gasteiger partial charge in [0.25, 0.3) is 15.9 Å². The van der Waals surface area contributed by atoms with Crippen LogP contribution in [-0.4, -0.2) is 26.0 Å². The van der Waals surface area contributed by atoms with Gasteiger partial charge in [0.1, 0.15) is 0 Å². The highest BCUT2D eigenvalue weighted by Gasteiger charge is 2.31. The van der Waals surface area contributed by atoms with Crippen molar-refractivity contribution in [3.63, 3.8) is 0 Å². The lowest BCUT2D eigenvalue weighted by molar-refractivity contribution is -0.137. The molecule has 0 aliphatic heterocycles. The summed E-state index contributed by atoms with van der Waals surface area (Å²) in [6, 6.07) is 15.0. The summed E-state index contributed by atoms with van der Waals surface area (Å²) < 4.78 is 66.7. The molecule has 34 heavy (non-hydrogen) atoms. The number of carbonyl (C=O) groups excluding carboxylic acids is 1. The van der Waals surface area contributed by atoms with E-state index < -0.39 is 33.8 Å². The smallest absolute Gasteiger partial charge is 0.387 e. The van der Waals surface area contributed by atoms with E-state index >= 15 is 0 Å². The van der Waals surface area contributed by atoms with E-state index in [0.717, 1.165) is 17.7 Å². The van der Waals surface area contributed by atoms with E-state index in [-0.39, 0.29) is 28.3 Å². The quantitative estimate of drug-likeness (QED) is 0.450. The van der Waals surface area contributed by atoms with Crippen molar-refractivity contribution in [3.8, 4) is 0 Å². The molecule has 3 N–H and O–H groups in total. The number of amides is 1. The Balaban J connectivity index is 1.70. The van der Waals surface area contributed by atoms with Crippen LogP contribution in [0.3, 0.4) is 0 Å². The van der Waals surface area contributed by atoms with Crippen molar-refractivity contribution in [3.05, 3.63) is 94.5 Å². The highest BCUT2D eigenvalue weighted by molar-refractivity contribution is 7.92. The zero-order valence-electron chi connectivity index (χ0n) is 18.3. The number of aryl methyl sites for hydroxylation is 2. The van der Waals surface area contributed by atoms with Crippen molar-refractivity contribution in [2.24, 2.45) is 0 Å². The van der Waals surface area contributed by atoms with Crippen molar-refractivity contribution in [1.82, 2.24) is 5.32 Å². The Labute approximate surface area is 195 Å². The average molecular weight is 493 g/mol. The zero-order valence-corrected chi connectivity index (χ0v) is 19.2. The number of nitrogens with one attached hydrogen (secondary N) is 2. The highest BCUT2D eigenvalue weighted by Crippen LogP contribution is 2.30. The molecule has 10 heteroatoms. The molecule has 3 rings (SSSR count). The molecule has 0 aliphatic carbocycles. The molecule has 0 saturated carbocycles. The number of sulfonamides is 1. The number of anilines is 1. The number of alkyl halides is 3. The van der Waals surface area contributed by atoms with E-state index in [1.54, 1.807) is 32.0 Å². The molecule has 0 bridgehead atoms. The number of hydrogen-bond donors (Lipinski definition) is 3. The van der Waals surface area contributed by atoms with Gasteiger partial charge in [-0.15, -0.1) is 0 Å². The fourth-order valence-electron chi connectivity index (χ4n) is 3.26. The summed E-state index contributed by atoms with van der Waals surface area (Å²) in [7, 11) is -3.90. The average Bonchev–Trinajstić information content (AvgIpc) is 2.78. The Morgan fingerprint density at radius 2 is 1.71 bits per heavy atom. The summed E-state index contributed by atoms with van der Waals surface area (Å²) in [5.41, 5.74) is 0.711. The molecule has 0 radical (unpaired) electrons. The normalized spacial score (nSPS) is 12.8. The molecule has 0 spiro atoms. The molecule has 6 nitrogen and oxygen atoms in total. The second kappa shape index (κ2) is 9.86. The van der Waals surface area contributed by atoms with E-state index in [2.05, 4.69) is 10.0 Å². The van der Waals surface area contributed by atoms with Crippen LogP contribution < -0.4 is 10.0 Å². The first-order valence-corrected chi connectivity index (χ1v) is 11.7. The van der Waals surface area contributed by atoms with E-state index in [0.29, 0.717) is 5.56 Å². The number of aliphatic hydroxyl groups is 1. The van der Waals surface area contributed by atoms with Crippen LogP contribution in [0.25, 0.3) is 0 Å². The van der Waals surface area contributed by atoms with E-state index in [1.807, 2.05) is 0 Å². The van der Waals surface area contributed by atoms with Crippen LogP contribution in [0.4, 0.5) is 18.9 Å². The lowest BCUT2D eigenvalue weighted by Gasteiger charge is -2.15. The van der Waals surface area contributed by atoms with Crippen molar-refractivity contribution in [2.45, 2.75) is 31.0 Å². The van der Waals surface area contributed by atoms with Gasteiger partial charge in [-0.05, 0) is 66.9 Å². The lowest BCUT2D eigenvalue weighted by Crippen LogP contribution is -2.28. The number of benzene rings is 3. The molecule has 0 aromatic heterocycles. The third-order valence-corrected chi connectivity index (χ3v) is 6.59. The predicted molar refractivity (Wildman–Crippen MR) is 122 cm³/mol. The first-order valence-electron chi connectivity index (χ1n) is 10.2. The van der Waals surface area contributed by atoms with Gasteiger partial charge in [0.15, 0.2) is 0 Å². The van der Waals surface area contributed by atoms with Crippen LogP contribution in [-0.2, 0) is 16.2 Å². The summed E-state index contributed by atoms with van der Waals surface area (Å²) >= 11 is 0. The van der Waals surface area contributed by atoms with Gasteiger partial charge < -0.3 is 10.4 Å². The summed E-state index contributed by atoms with van der Waals surface area (Å²) in [6.45, 7) is 3.11. The summed E-state index contributed by atoms with van der Waals surface area (Å²) in [5, 5.41) is 12.7.